The summed E-state index contributed by atoms with van der Waals surface area (Å²) in [6, 6.07) is 11.2. The van der Waals surface area contributed by atoms with E-state index in [4.69, 9.17) is 14.3 Å². The summed E-state index contributed by atoms with van der Waals surface area (Å²) in [6.07, 6.45) is 0.276. The van der Waals surface area contributed by atoms with Crippen molar-refractivity contribution in [3.63, 3.8) is 0 Å². The monoisotopic (exact) mass is 371 g/mol. The fraction of sp³-hybridized carbons (Fsp3) is 0.263. The topological polar surface area (TPSA) is 72.4 Å². The summed E-state index contributed by atoms with van der Waals surface area (Å²) in [5, 5.41) is 6.67. The molecule has 1 unspecified atom stereocenters. The molecule has 2 aromatic carbocycles. The highest BCUT2D eigenvalue weighted by atomic mass is 19.1. The Morgan fingerprint density at radius 2 is 2.07 bits per heavy atom. The number of nitrogens with one attached hydrogen (secondary N) is 1. The van der Waals surface area contributed by atoms with Crippen LogP contribution in [0.4, 0.5) is 14.9 Å². The molecule has 0 spiro atoms. The fourth-order valence-corrected chi connectivity index (χ4v) is 2.93. The Morgan fingerprint density at radius 3 is 2.93 bits per heavy atom. The lowest BCUT2D eigenvalue weighted by molar-refractivity contribution is 0.0672. The van der Waals surface area contributed by atoms with Crippen LogP contribution in [0.3, 0.4) is 0 Å². The lowest BCUT2D eigenvalue weighted by Gasteiger charge is -2.20. The number of carbonyl (C=O) groups excluding carboxylic acids is 1. The van der Waals surface area contributed by atoms with Gasteiger partial charge in [0, 0.05) is 19.0 Å². The number of benzene rings is 2. The molecule has 0 aliphatic carbocycles. The number of para-hydroxylation sites is 1. The summed E-state index contributed by atoms with van der Waals surface area (Å²) in [5.74, 6) is 0.907. The third-order valence-electron chi connectivity index (χ3n) is 4.38. The van der Waals surface area contributed by atoms with Crippen molar-refractivity contribution >= 4 is 17.4 Å². The molecule has 2 amide bonds. The number of anilines is 1. The first-order valence-electron chi connectivity index (χ1n) is 8.49. The zero-order chi connectivity index (χ0) is 18.8. The minimum atomic E-state index is -0.482. The number of hydrogen-bond donors (Lipinski definition) is 1. The predicted molar refractivity (Wildman–Crippen MR) is 96.6 cm³/mol. The average Bonchev–Trinajstić information content (AvgIpc) is 3.32. The van der Waals surface area contributed by atoms with Gasteiger partial charge in [0.15, 0.2) is 17.6 Å². The van der Waals surface area contributed by atoms with Crippen LogP contribution >= 0.6 is 0 Å². The summed E-state index contributed by atoms with van der Waals surface area (Å²) in [6.45, 7) is 0.532. The van der Waals surface area contributed by atoms with Crippen LogP contribution in [-0.4, -0.2) is 43.1 Å². The third kappa shape index (κ3) is 3.64. The van der Waals surface area contributed by atoms with Gasteiger partial charge >= 0.3 is 6.03 Å². The largest absolute Gasteiger partial charge is 0.454 e. The van der Waals surface area contributed by atoms with E-state index in [1.54, 1.807) is 19.2 Å². The van der Waals surface area contributed by atoms with Crippen LogP contribution < -0.4 is 14.8 Å². The molecule has 7 nitrogen and oxygen atoms in total. The van der Waals surface area contributed by atoms with E-state index in [1.165, 1.54) is 17.0 Å². The minimum absolute atomic E-state index is 0.138. The van der Waals surface area contributed by atoms with Gasteiger partial charge in [-0.05, 0) is 30.3 Å². The molecule has 2 aliphatic heterocycles. The van der Waals surface area contributed by atoms with Gasteiger partial charge in [-0.3, -0.25) is 0 Å². The molecule has 140 valence electrons. The fourth-order valence-electron chi connectivity index (χ4n) is 2.93. The summed E-state index contributed by atoms with van der Waals surface area (Å²) in [4.78, 5) is 19.2. The molecule has 0 saturated carbocycles. The van der Waals surface area contributed by atoms with Gasteiger partial charge in [-0.2, -0.15) is 0 Å². The van der Waals surface area contributed by atoms with Crippen molar-refractivity contribution in [2.45, 2.75) is 12.5 Å². The van der Waals surface area contributed by atoms with Gasteiger partial charge in [0.05, 0.1) is 17.9 Å². The molecule has 2 aromatic rings. The Balaban J connectivity index is 1.33. The quantitative estimate of drug-likeness (QED) is 0.896. The molecule has 8 heteroatoms. The van der Waals surface area contributed by atoms with Crippen molar-refractivity contribution in [1.82, 2.24) is 4.90 Å². The maximum absolute atomic E-state index is 13.7. The van der Waals surface area contributed by atoms with E-state index < -0.39 is 11.8 Å². The highest BCUT2D eigenvalue weighted by Crippen LogP contribution is 2.33. The van der Waals surface area contributed by atoms with Crippen LogP contribution in [0, 0.1) is 5.82 Å². The standard InChI is InChI=1S/C19H18FN3O4/c1-23(19(24)21-15-5-3-2-4-14(15)20)10-13-9-16(22-27-13)12-6-7-17-18(8-12)26-11-25-17/h2-8,13H,9-11H2,1H3,(H,21,24). The van der Waals surface area contributed by atoms with Gasteiger partial charge < -0.3 is 24.5 Å². The Labute approximate surface area is 155 Å². The van der Waals surface area contributed by atoms with Crippen LogP contribution in [0.2, 0.25) is 0 Å². The number of fused-ring (bicyclic) bond motifs is 1. The molecule has 0 saturated heterocycles. The van der Waals surface area contributed by atoms with Crippen molar-refractivity contribution in [3.05, 3.63) is 53.8 Å². The van der Waals surface area contributed by atoms with Crippen LogP contribution in [-0.2, 0) is 4.84 Å². The number of ether oxygens (including phenoxy) is 2. The maximum Gasteiger partial charge on any atom is 0.321 e. The SMILES string of the molecule is CN(CC1CC(c2ccc3c(c2)OCO3)=NO1)C(=O)Nc1ccccc1F. The summed E-state index contributed by atoms with van der Waals surface area (Å²) in [7, 11) is 1.62. The molecule has 2 aliphatic rings. The number of rotatable bonds is 4. The van der Waals surface area contributed by atoms with Gasteiger partial charge in [0.1, 0.15) is 5.82 Å². The smallest absolute Gasteiger partial charge is 0.321 e. The molecule has 0 fully saturated rings. The van der Waals surface area contributed by atoms with E-state index in [2.05, 4.69) is 10.5 Å². The first-order chi connectivity index (χ1) is 13.1. The Hall–Kier alpha value is -3.29. The van der Waals surface area contributed by atoms with E-state index in [0.717, 1.165) is 11.3 Å². The number of halogens is 1. The van der Waals surface area contributed by atoms with E-state index in [9.17, 15) is 9.18 Å². The molecule has 27 heavy (non-hydrogen) atoms. The van der Waals surface area contributed by atoms with Crippen molar-refractivity contribution in [1.29, 1.82) is 0 Å². The second-order valence-electron chi connectivity index (χ2n) is 6.33. The number of carbonyl (C=O) groups is 1. The molecular weight excluding hydrogens is 353 g/mol. The highest BCUT2D eigenvalue weighted by molar-refractivity contribution is 6.01. The predicted octanol–water partition coefficient (Wildman–Crippen LogP) is 3.21. The van der Waals surface area contributed by atoms with Gasteiger partial charge in [-0.25, -0.2) is 9.18 Å². The van der Waals surface area contributed by atoms with Gasteiger partial charge in [0.2, 0.25) is 6.79 Å². The first-order valence-corrected chi connectivity index (χ1v) is 8.49. The number of likely N-dealkylation sites (N-methyl/N-ethyl adjacent to an activating group) is 1. The maximum atomic E-state index is 13.7. The number of hydrogen-bond acceptors (Lipinski definition) is 5. The lowest BCUT2D eigenvalue weighted by atomic mass is 10.0. The summed E-state index contributed by atoms with van der Waals surface area (Å²) < 4.78 is 24.3. The van der Waals surface area contributed by atoms with Crippen LogP contribution in [0.1, 0.15) is 12.0 Å². The number of urea groups is 1. The molecule has 4 rings (SSSR count). The second kappa shape index (κ2) is 7.14. The Bertz CT molecular complexity index is 902. The molecule has 0 radical (unpaired) electrons. The first kappa shape index (κ1) is 17.1. The highest BCUT2D eigenvalue weighted by Gasteiger charge is 2.26. The average molecular weight is 371 g/mol. The molecule has 1 atom stereocenters. The Kier molecular flexibility index (Phi) is 4.53. The van der Waals surface area contributed by atoms with Crippen LogP contribution in [0.25, 0.3) is 0 Å². The van der Waals surface area contributed by atoms with Crippen molar-refractivity contribution in [2.24, 2.45) is 5.16 Å². The molecule has 2 heterocycles. The molecule has 1 N–H and O–H groups in total. The number of oxime groups is 1. The molecule has 0 aromatic heterocycles. The van der Waals surface area contributed by atoms with E-state index >= 15 is 0 Å². The zero-order valence-electron chi connectivity index (χ0n) is 14.6. The van der Waals surface area contributed by atoms with Crippen molar-refractivity contribution in [3.8, 4) is 11.5 Å². The van der Waals surface area contributed by atoms with E-state index in [0.29, 0.717) is 24.5 Å². The van der Waals surface area contributed by atoms with Crippen molar-refractivity contribution < 1.29 is 23.5 Å². The van der Waals surface area contributed by atoms with Crippen LogP contribution in [0.15, 0.2) is 47.6 Å². The van der Waals surface area contributed by atoms with Gasteiger partial charge in [-0.15, -0.1) is 0 Å². The second-order valence-corrected chi connectivity index (χ2v) is 6.33. The van der Waals surface area contributed by atoms with Gasteiger partial charge in [-0.1, -0.05) is 17.3 Å². The summed E-state index contributed by atoms with van der Waals surface area (Å²) in [5.41, 5.74) is 1.81. The third-order valence-corrected chi connectivity index (χ3v) is 4.38. The normalized spacial score (nSPS) is 17.3. The molecular formula is C19H18FN3O4. The zero-order valence-corrected chi connectivity index (χ0v) is 14.6. The molecule has 0 bridgehead atoms. The van der Waals surface area contributed by atoms with Crippen molar-refractivity contribution in [2.75, 3.05) is 25.7 Å². The van der Waals surface area contributed by atoms with Gasteiger partial charge in [0.25, 0.3) is 0 Å². The Morgan fingerprint density at radius 1 is 1.26 bits per heavy atom. The minimum Gasteiger partial charge on any atom is -0.454 e. The number of nitrogens with zero attached hydrogens (tertiary/aromatic N) is 2. The van der Waals surface area contributed by atoms with E-state index in [-0.39, 0.29) is 18.6 Å². The summed E-state index contributed by atoms with van der Waals surface area (Å²) >= 11 is 0. The number of amides is 2. The lowest BCUT2D eigenvalue weighted by Crippen LogP contribution is -2.37. The van der Waals surface area contributed by atoms with E-state index in [1.807, 2.05) is 18.2 Å². The van der Waals surface area contributed by atoms with Crippen LogP contribution in [0.5, 0.6) is 11.5 Å².